The molecule has 2 aromatic rings. The Morgan fingerprint density at radius 1 is 1.32 bits per heavy atom. The minimum Gasteiger partial charge on any atom is -0.377 e. The molecule has 172 valence electrons. The Bertz CT molecular complexity index is 777. The summed E-state index contributed by atoms with van der Waals surface area (Å²) in [6.07, 6.45) is 4.85. The van der Waals surface area contributed by atoms with E-state index in [1.807, 2.05) is 18.2 Å². The quantitative estimate of drug-likeness (QED) is 0.283. The molecule has 2 aromatic heterocycles. The topological polar surface area (TPSA) is 101 Å². The number of likely N-dealkylation sites (tertiary alicyclic amines) is 1. The van der Waals surface area contributed by atoms with Crippen LogP contribution in [0.2, 0.25) is 0 Å². The Labute approximate surface area is 201 Å². The molecule has 10 heteroatoms. The van der Waals surface area contributed by atoms with Gasteiger partial charge in [-0.2, -0.15) is 4.98 Å². The second-order valence-corrected chi connectivity index (χ2v) is 7.66. The van der Waals surface area contributed by atoms with Crippen molar-refractivity contribution in [3.8, 4) is 11.6 Å². The van der Waals surface area contributed by atoms with Gasteiger partial charge in [-0.3, -0.25) is 9.98 Å². The van der Waals surface area contributed by atoms with Gasteiger partial charge in [0.1, 0.15) is 5.69 Å². The number of ether oxygens (including phenoxy) is 1. The molecule has 0 saturated carbocycles. The molecular formula is C21H34IN7O2. The molecule has 0 amide bonds. The molecule has 0 radical (unpaired) electrons. The maximum atomic E-state index is 5.65. The molecule has 1 aliphatic rings. The highest BCUT2D eigenvalue weighted by atomic mass is 127. The lowest BCUT2D eigenvalue weighted by Crippen LogP contribution is -2.49. The Kier molecular flexibility index (Phi) is 11.2. The number of nitrogens with one attached hydrogen (secondary N) is 2. The summed E-state index contributed by atoms with van der Waals surface area (Å²) in [4.78, 5) is 15.4. The largest absolute Gasteiger partial charge is 0.377 e. The van der Waals surface area contributed by atoms with Crippen molar-refractivity contribution < 1.29 is 9.26 Å². The van der Waals surface area contributed by atoms with Gasteiger partial charge in [0, 0.05) is 51.9 Å². The van der Waals surface area contributed by atoms with Crippen LogP contribution in [-0.2, 0) is 11.2 Å². The number of nitrogens with zero attached hydrogens (tertiary/aromatic N) is 5. The lowest BCUT2D eigenvalue weighted by Gasteiger charge is -2.33. The predicted molar refractivity (Wildman–Crippen MR) is 132 cm³/mol. The van der Waals surface area contributed by atoms with Crippen molar-refractivity contribution in [2.75, 3.05) is 39.8 Å². The van der Waals surface area contributed by atoms with E-state index in [1.165, 1.54) is 0 Å². The zero-order valence-electron chi connectivity index (χ0n) is 18.6. The average Bonchev–Trinajstić information content (AvgIpc) is 3.23. The van der Waals surface area contributed by atoms with Gasteiger partial charge in [0.2, 0.25) is 0 Å². The molecule has 0 atom stereocenters. The van der Waals surface area contributed by atoms with E-state index in [4.69, 9.17) is 9.26 Å². The Morgan fingerprint density at radius 3 is 2.81 bits per heavy atom. The zero-order valence-corrected chi connectivity index (χ0v) is 20.9. The van der Waals surface area contributed by atoms with Crippen LogP contribution in [0.1, 0.15) is 32.5 Å². The van der Waals surface area contributed by atoms with Crippen LogP contribution in [-0.4, -0.2) is 78.0 Å². The van der Waals surface area contributed by atoms with E-state index >= 15 is 0 Å². The van der Waals surface area contributed by atoms with E-state index < -0.39 is 0 Å². The molecule has 31 heavy (non-hydrogen) atoms. The maximum Gasteiger partial charge on any atom is 0.276 e. The second kappa shape index (κ2) is 13.6. The third-order valence-corrected chi connectivity index (χ3v) is 5.00. The first-order chi connectivity index (χ1) is 14.6. The van der Waals surface area contributed by atoms with Gasteiger partial charge >= 0.3 is 0 Å². The van der Waals surface area contributed by atoms with Gasteiger partial charge in [-0.1, -0.05) is 11.2 Å². The average molecular weight is 543 g/mol. The number of halogens is 1. The maximum absolute atomic E-state index is 5.65. The molecule has 3 heterocycles. The van der Waals surface area contributed by atoms with Crippen LogP contribution in [0.5, 0.6) is 0 Å². The first-order valence-electron chi connectivity index (χ1n) is 10.7. The van der Waals surface area contributed by atoms with Crippen molar-refractivity contribution in [1.29, 1.82) is 0 Å². The molecule has 3 rings (SSSR count). The smallest absolute Gasteiger partial charge is 0.276 e. The highest BCUT2D eigenvalue weighted by Gasteiger charge is 2.20. The van der Waals surface area contributed by atoms with Crippen LogP contribution in [0.3, 0.4) is 0 Å². The van der Waals surface area contributed by atoms with Crippen molar-refractivity contribution in [3.05, 3.63) is 30.2 Å². The highest BCUT2D eigenvalue weighted by Crippen LogP contribution is 2.13. The third kappa shape index (κ3) is 8.69. The molecule has 0 aromatic carbocycles. The Hall–Kier alpha value is -1.79. The molecule has 1 saturated heterocycles. The molecule has 2 N–H and O–H groups in total. The van der Waals surface area contributed by atoms with Crippen molar-refractivity contribution in [3.63, 3.8) is 0 Å². The summed E-state index contributed by atoms with van der Waals surface area (Å²) in [6.45, 7) is 8.79. The summed E-state index contributed by atoms with van der Waals surface area (Å²) >= 11 is 0. The summed E-state index contributed by atoms with van der Waals surface area (Å²) in [5.74, 6) is 1.90. The fraction of sp³-hybridized carbons (Fsp3) is 0.619. The van der Waals surface area contributed by atoms with Gasteiger partial charge in [0.25, 0.3) is 5.89 Å². The second-order valence-electron chi connectivity index (χ2n) is 7.66. The van der Waals surface area contributed by atoms with E-state index in [-0.39, 0.29) is 24.0 Å². The molecule has 0 bridgehead atoms. The summed E-state index contributed by atoms with van der Waals surface area (Å²) in [5.41, 5.74) is 0.684. The van der Waals surface area contributed by atoms with E-state index in [0.717, 1.165) is 45.0 Å². The normalized spacial score (nSPS) is 15.7. The Morgan fingerprint density at radius 2 is 2.13 bits per heavy atom. The van der Waals surface area contributed by atoms with Crippen LogP contribution in [0.25, 0.3) is 11.6 Å². The summed E-state index contributed by atoms with van der Waals surface area (Å²) in [7, 11) is 1.79. The van der Waals surface area contributed by atoms with Crippen molar-refractivity contribution >= 4 is 29.9 Å². The van der Waals surface area contributed by atoms with Gasteiger partial charge in [-0.15, -0.1) is 24.0 Å². The van der Waals surface area contributed by atoms with Gasteiger partial charge in [-0.25, -0.2) is 0 Å². The SMILES string of the molecule is CN=C(NCCc1noc(-c2ccccn2)n1)NC1CCN(CCOC(C)C)CC1.I. The van der Waals surface area contributed by atoms with Crippen molar-refractivity contribution in [2.24, 2.45) is 4.99 Å². The predicted octanol–water partition coefficient (Wildman–Crippen LogP) is 2.35. The number of hydrogen-bond donors (Lipinski definition) is 2. The van der Waals surface area contributed by atoms with E-state index in [0.29, 0.717) is 42.5 Å². The number of piperidine rings is 1. The fourth-order valence-corrected chi connectivity index (χ4v) is 3.35. The minimum atomic E-state index is 0. The number of pyridine rings is 1. The molecule has 0 unspecified atom stereocenters. The lowest BCUT2D eigenvalue weighted by atomic mass is 10.1. The first-order valence-corrected chi connectivity index (χ1v) is 10.7. The van der Waals surface area contributed by atoms with E-state index in [2.05, 4.69) is 49.5 Å². The first kappa shape index (κ1) is 25.5. The molecule has 9 nitrogen and oxygen atoms in total. The lowest BCUT2D eigenvalue weighted by molar-refractivity contribution is 0.0532. The van der Waals surface area contributed by atoms with E-state index in [1.54, 1.807) is 13.2 Å². The van der Waals surface area contributed by atoms with Crippen LogP contribution >= 0.6 is 24.0 Å². The molecule has 1 aliphatic heterocycles. The van der Waals surface area contributed by atoms with Crippen LogP contribution in [0, 0.1) is 0 Å². The minimum absolute atomic E-state index is 0. The summed E-state index contributed by atoms with van der Waals surface area (Å²) in [6, 6.07) is 6.03. The van der Waals surface area contributed by atoms with Crippen molar-refractivity contribution in [2.45, 2.75) is 45.3 Å². The van der Waals surface area contributed by atoms with Crippen molar-refractivity contribution in [1.82, 2.24) is 30.7 Å². The number of guanidine groups is 1. The molecule has 0 spiro atoms. The van der Waals surface area contributed by atoms with E-state index in [9.17, 15) is 0 Å². The molecule has 0 aliphatic carbocycles. The van der Waals surface area contributed by atoms with Gasteiger partial charge < -0.3 is 24.8 Å². The van der Waals surface area contributed by atoms with Gasteiger partial charge in [0.05, 0.1) is 12.7 Å². The molecular weight excluding hydrogens is 509 g/mol. The fourth-order valence-electron chi connectivity index (χ4n) is 3.35. The standard InChI is InChI=1S/C21H33N7O2.HI/c1-16(2)29-15-14-28-12-8-17(9-13-28)25-21(22-3)24-11-7-19-26-20(30-27-19)18-6-4-5-10-23-18;/h4-6,10,16-17H,7-9,11-15H2,1-3H3,(H2,22,24,25);1H. The third-order valence-electron chi connectivity index (χ3n) is 5.00. The van der Waals surface area contributed by atoms with Crippen LogP contribution < -0.4 is 10.6 Å². The molecule has 1 fully saturated rings. The summed E-state index contributed by atoms with van der Waals surface area (Å²) in [5, 5.41) is 10.9. The van der Waals surface area contributed by atoms with Gasteiger partial charge in [0.15, 0.2) is 11.8 Å². The van der Waals surface area contributed by atoms with Crippen LogP contribution in [0.4, 0.5) is 0 Å². The highest BCUT2D eigenvalue weighted by molar-refractivity contribution is 14.0. The number of aromatic nitrogens is 3. The number of aliphatic imine (C=N–C) groups is 1. The number of hydrogen-bond acceptors (Lipinski definition) is 7. The van der Waals surface area contributed by atoms with Gasteiger partial charge in [-0.05, 0) is 38.8 Å². The number of rotatable bonds is 9. The Balaban J connectivity index is 0.00000341. The zero-order chi connectivity index (χ0) is 21.2. The summed E-state index contributed by atoms with van der Waals surface area (Å²) < 4.78 is 11.0. The monoisotopic (exact) mass is 543 g/mol. The van der Waals surface area contributed by atoms with Crippen LogP contribution in [0.15, 0.2) is 33.9 Å².